The molecule has 2 heterocycles. The largest absolute Gasteiger partial charge is 0.478 e. The predicted molar refractivity (Wildman–Crippen MR) is 120 cm³/mol. The zero-order valence-electron chi connectivity index (χ0n) is 16.9. The third kappa shape index (κ3) is 3.12. The Hall–Kier alpha value is -3.31. The number of carboxylic acids is 1. The molecule has 0 saturated heterocycles. The minimum atomic E-state index is -1.07. The minimum Gasteiger partial charge on any atom is -0.478 e. The first-order valence-electron chi connectivity index (χ1n) is 9.68. The van der Waals surface area contributed by atoms with Crippen LogP contribution in [0.1, 0.15) is 39.8 Å². The van der Waals surface area contributed by atoms with Crippen molar-refractivity contribution in [2.24, 2.45) is 0 Å². The van der Waals surface area contributed by atoms with Crippen molar-refractivity contribution in [1.82, 2.24) is 4.57 Å². The number of aromatic carboxylic acids is 1. The smallest absolute Gasteiger partial charge is 0.337 e. The molecular weight excluding hydrogens is 400 g/mol. The summed E-state index contributed by atoms with van der Waals surface area (Å²) in [6.45, 7) is 6.48. The normalized spacial score (nSPS) is 14.5. The van der Waals surface area contributed by atoms with Gasteiger partial charge in [0.05, 0.1) is 16.3 Å². The lowest BCUT2D eigenvalue weighted by Crippen LogP contribution is -2.25. The molecule has 0 aliphatic carbocycles. The first-order chi connectivity index (χ1) is 14.3. The summed E-state index contributed by atoms with van der Waals surface area (Å²) >= 11 is 6.03. The molecule has 4 rings (SSSR count). The van der Waals surface area contributed by atoms with Gasteiger partial charge in [-0.25, -0.2) is 4.79 Å². The molecule has 0 radical (unpaired) electrons. The highest BCUT2D eigenvalue weighted by atomic mass is 35.5. The lowest BCUT2D eigenvalue weighted by Gasteiger charge is -2.13. The van der Waals surface area contributed by atoms with E-state index in [4.69, 9.17) is 11.6 Å². The summed E-state index contributed by atoms with van der Waals surface area (Å²) in [5.74, 6) is -1.08. The average molecular weight is 421 g/mol. The Morgan fingerprint density at radius 1 is 1.13 bits per heavy atom. The SMILES string of the molecule is CCN1C(=O)/C(=C/c2cc(C)n(-c3ccc(Cl)c(C(=O)O)c3)c2C)c2ccccc21. The molecule has 1 aliphatic heterocycles. The first-order valence-corrected chi connectivity index (χ1v) is 10.1. The summed E-state index contributed by atoms with van der Waals surface area (Å²) in [6, 6.07) is 14.7. The maximum absolute atomic E-state index is 13.0. The van der Waals surface area contributed by atoms with Crippen LogP contribution >= 0.6 is 11.6 Å². The second-order valence-electron chi connectivity index (χ2n) is 7.26. The highest BCUT2D eigenvalue weighted by Gasteiger charge is 2.31. The number of hydrogen-bond acceptors (Lipinski definition) is 2. The van der Waals surface area contributed by atoms with E-state index in [0.29, 0.717) is 17.8 Å². The summed E-state index contributed by atoms with van der Waals surface area (Å²) < 4.78 is 1.97. The molecule has 2 aromatic carbocycles. The molecule has 0 bridgehead atoms. The van der Waals surface area contributed by atoms with Crippen LogP contribution in [0.4, 0.5) is 5.69 Å². The molecule has 1 amide bonds. The number of carboxylic acid groups (broad SMARTS) is 1. The molecule has 6 heteroatoms. The molecule has 0 unspecified atom stereocenters. The van der Waals surface area contributed by atoms with Gasteiger partial charge in [0.25, 0.3) is 5.91 Å². The maximum atomic E-state index is 13.0. The number of carbonyl (C=O) groups excluding carboxylic acids is 1. The van der Waals surface area contributed by atoms with Crippen molar-refractivity contribution >= 4 is 40.8 Å². The van der Waals surface area contributed by atoms with Gasteiger partial charge in [-0.1, -0.05) is 29.8 Å². The molecule has 1 aromatic heterocycles. The van der Waals surface area contributed by atoms with Crippen LogP contribution in [0.2, 0.25) is 5.02 Å². The van der Waals surface area contributed by atoms with Crippen molar-refractivity contribution in [2.45, 2.75) is 20.8 Å². The number of anilines is 1. The second-order valence-corrected chi connectivity index (χ2v) is 7.66. The number of para-hydroxylation sites is 1. The lowest BCUT2D eigenvalue weighted by atomic mass is 10.0. The quantitative estimate of drug-likeness (QED) is 0.578. The van der Waals surface area contributed by atoms with E-state index in [1.54, 1.807) is 23.1 Å². The molecule has 30 heavy (non-hydrogen) atoms. The third-order valence-electron chi connectivity index (χ3n) is 5.49. The van der Waals surface area contributed by atoms with Crippen molar-refractivity contribution in [3.8, 4) is 5.69 Å². The Kier molecular flexibility index (Phi) is 5.00. The van der Waals surface area contributed by atoms with Gasteiger partial charge >= 0.3 is 5.97 Å². The maximum Gasteiger partial charge on any atom is 0.337 e. The summed E-state index contributed by atoms with van der Waals surface area (Å²) in [5.41, 5.74) is 6.04. The van der Waals surface area contributed by atoms with Crippen molar-refractivity contribution in [1.29, 1.82) is 0 Å². The molecule has 0 fully saturated rings. The van der Waals surface area contributed by atoms with Gasteiger partial charge in [-0.2, -0.15) is 0 Å². The molecule has 5 nitrogen and oxygen atoms in total. The molecular formula is C24H21ClN2O3. The van der Waals surface area contributed by atoms with Crippen molar-refractivity contribution in [3.63, 3.8) is 0 Å². The molecule has 1 aliphatic rings. The highest BCUT2D eigenvalue weighted by molar-refractivity contribution is 6.36. The van der Waals surface area contributed by atoms with Crippen molar-refractivity contribution < 1.29 is 14.7 Å². The van der Waals surface area contributed by atoms with Crippen LogP contribution in [0, 0.1) is 13.8 Å². The Bertz CT molecular complexity index is 1220. The standard InChI is InChI=1S/C24H21ClN2O3/c1-4-26-22-8-6-5-7-18(22)19(23(26)28)12-16-11-14(2)27(15(16)3)17-9-10-21(25)20(13-17)24(29)30/h5-13H,4H2,1-3H3,(H,29,30)/b19-12+. The van der Waals surface area contributed by atoms with Crippen molar-refractivity contribution in [2.75, 3.05) is 11.4 Å². The number of fused-ring (bicyclic) bond motifs is 1. The topological polar surface area (TPSA) is 62.5 Å². The number of aryl methyl sites for hydroxylation is 1. The fraction of sp³-hybridized carbons (Fsp3) is 0.167. The molecule has 0 saturated carbocycles. The van der Waals surface area contributed by atoms with Crippen LogP contribution in [-0.4, -0.2) is 28.1 Å². The van der Waals surface area contributed by atoms with Crippen LogP contribution in [0.15, 0.2) is 48.5 Å². The van der Waals surface area contributed by atoms with E-state index in [2.05, 4.69) is 0 Å². The van der Waals surface area contributed by atoms with E-state index < -0.39 is 5.97 Å². The number of rotatable bonds is 4. The fourth-order valence-electron chi connectivity index (χ4n) is 4.06. The van der Waals surface area contributed by atoms with Crippen LogP contribution < -0.4 is 4.90 Å². The van der Waals surface area contributed by atoms with E-state index in [1.165, 1.54) is 0 Å². The number of aromatic nitrogens is 1. The Labute approximate surface area is 179 Å². The highest BCUT2D eigenvalue weighted by Crippen LogP contribution is 2.38. The number of carbonyl (C=O) groups is 2. The zero-order valence-corrected chi connectivity index (χ0v) is 17.7. The van der Waals surface area contributed by atoms with Crippen LogP contribution in [0.5, 0.6) is 0 Å². The van der Waals surface area contributed by atoms with Gasteiger partial charge in [-0.3, -0.25) is 4.79 Å². The third-order valence-corrected chi connectivity index (χ3v) is 5.82. The van der Waals surface area contributed by atoms with Gasteiger partial charge in [0.15, 0.2) is 0 Å². The summed E-state index contributed by atoms with van der Waals surface area (Å²) in [6.07, 6.45) is 1.92. The summed E-state index contributed by atoms with van der Waals surface area (Å²) in [5, 5.41) is 9.59. The van der Waals surface area contributed by atoms with Crippen molar-refractivity contribution in [3.05, 3.63) is 81.6 Å². The Morgan fingerprint density at radius 3 is 2.57 bits per heavy atom. The zero-order chi connectivity index (χ0) is 21.6. The number of amides is 1. The lowest BCUT2D eigenvalue weighted by molar-refractivity contribution is -0.112. The van der Waals surface area contributed by atoms with Gasteiger partial charge in [0, 0.05) is 34.8 Å². The van der Waals surface area contributed by atoms with E-state index >= 15 is 0 Å². The van der Waals surface area contributed by atoms with Gasteiger partial charge in [-0.05, 0) is 62.7 Å². The second kappa shape index (κ2) is 7.50. The number of likely N-dealkylation sites (N-methyl/N-ethyl adjacent to an activating group) is 1. The molecule has 152 valence electrons. The molecule has 0 atom stereocenters. The molecule has 3 aromatic rings. The molecule has 1 N–H and O–H groups in total. The number of nitrogens with zero attached hydrogens (tertiary/aromatic N) is 2. The number of hydrogen-bond donors (Lipinski definition) is 1. The van der Waals surface area contributed by atoms with Crippen LogP contribution in [-0.2, 0) is 4.79 Å². The van der Waals surface area contributed by atoms with Gasteiger partial charge in [0.2, 0.25) is 0 Å². The predicted octanol–water partition coefficient (Wildman–Crippen LogP) is 5.35. The van der Waals surface area contributed by atoms with Gasteiger partial charge in [-0.15, -0.1) is 0 Å². The monoisotopic (exact) mass is 420 g/mol. The number of halogens is 1. The summed E-state index contributed by atoms with van der Waals surface area (Å²) in [7, 11) is 0. The first kappa shape index (κ1) is 20.0. The Balaban J connectivity index is 1.84. The Morgan fingerprint density at radius 2 is 1.87 bits per heavy atom. The van der Waals surface area contributed by atoms with E-state index in [9.17, 15) is 14.7 Å². The van der Waals surface area contributed by atoms with E-state index in [-0.39, 0.29) is 16.5 Å². The van der Waals surface area contributed by atoms with E-state index in [0.717, 1.165) is 28.2 Å². The van der Waals surface area contributed by atoms with E-state index in [1.807, 2.05) is 61.7 Å². The molecule has 0 spiro atoms. The minimum absolute atomic E-state index is 0.0110. The summed E-state index contributed by atoms with van der Waals surface area (Å²) in [4.78, 5) is 26.3. The number of benzene rings is 2. The van der Waals surface area contributed by atoms with Gasteiger partial charge < -0.3 is 14.6 Å². The fourth-order valence-corrected chi connectivity index (χ4v) is 4.26. The van der Waals surface area contributed by atoms with Crippen LogP contribution in [0.3, 0.4) is 0 Å². The van der Waals surface area contributed by atoms with Crippen LogP contribution in [0.25, 0.3) is 17.3 Å². The average Bonchev–Trinajstić information content (AvgIpc) is 3.15. The van der Waals surface area contributed by atoms with Gasteiger partial charge in [0.1, 0.15) is 0 Å².